The van der Waals surface area contributed by atoms with Gasteiger partial charge < -0.3 is 15.1 Å². The van der Waals surface area contributed by atoms with Gasteiger partial charge >= 0.3 is 0 Å². The first kappa shape index (κ1) is 16.9. The number of halogens is 1. The van der Waals surface area contributed by atoms with Crippen molar-refractivity contribution in [1.82, 2.24) is 15.1 Å². The highest BCUT2D eigenvalue weighted by molar-refractivity contribution is 5.94. The van der Waals surface area contributed by atoms with Gasteiger partial charge in [0, 0.05) is 37.7 Å². The standard InChI is InChI=1S/C18H24FN3O2/c1-12-3-4-14(9-16(12)19)18(24)22-7-5-21(6-8-22)17(23)13(2)15-10-20-11-15/h3-4,9,13,15,20H,5-8,10-11H2,1-2H3. The number of nitrogens with zero attached hydrogens (tertiary/aromatic N) is 2. The maximum atomic E-state index is 13.6. The van der Waals surface area contributed by atoms with Gasteiger partial charge in [0.2, 0.25) is 5.91 Å². The molecule has 5 nitrogen and oxygen atoms in total. The Morgan fingerprint density at radius 2 is 1.79 bits per heavy atom. The molecule has 2 aliphatic rings. The quantitative estimate of drug-likeness (QED) is 0.906. The summed E-state index contributed by atoms with van der Waals surface area (Å²) in [7, 11) is 0. The van der Waals surface area contributed by atoms with Gasteiger partial charge in [-0.1, -0.05) is 13.0 Å². The van der Waals surface area contributed by atoms with Crippen molar-refractivity contribution in [2.24, 2.45) is 11.8 Å². The van der Waals surface area contributed by atoms with Crippen LogP contribution in [0.25, 0.3) is 0 Å². The lowest BCUT2D eigenvalue weighted by molar-refractivity contribution is -0.138. The summed E-state index contributed by atoms with van der Waals surface area (Å²) in [6.45, 7) is 7.56. The summed E-state index contributed by atoms with van der Waals surface area (Å²) in [6.07, 6.45) is 0. The van der Waals surface area contributed by atoms with Crippen molar-refractivity contribution in [3.05, 3.63) is 35.1 Å². The highest BCUT2D eigenvalue weighted by Gasteiger charge is 2.33. The molecule has 24 heavy (non-hydrogen) atoms. The topological polar surface area (TPSA) is 52.7 Å². The third-order valence-corrected chi connectivity index (χ3v) is 5.21. The average Bonchev–Trinajstić information content (AvgIpc) is 2.54. The lowest BCUT2D eigenvalue weighted by Gasteiger charge is -2.39. The molecule has 1 aromatic rings. The second kappa shape index (κ2) is 6.89. The summed E-state index contributed by atoms with van der Waals surface area (Å²) in [5, 5.41) is 3.19. The molecule has 1 unspecified atom stereocenters. The Labute approximate surface area is 141 Å². The number of hydrogen-bond acceptors (Lipinski definition) is 3. The Balaban J connectivity index is 1.57. The Morgan fingerprint density at radius 3 is 2.33 bits per heavy atom. The summed E-state index contributed by atoms with van der Waals surface area (Å²) in [5.41, 5.74) is 0.897. The zero-order valence-corrected chi connectivity index (χ0v) is 14.2. The largest absolute Gasteiger partial charge is 0.339 e. The number of rotatable bonds is 3. The van der Waals surface area contributed by atoms with Gasteiger partial charge in [0.25, 0.3) is 5.91 Å². The van der Waals surface area contributed by atoms with Crippen LogP contribution >= 0.6 is 0 Å². The van der Waals surface area contributed by atoms with Gasteiger partial charge in [-0.05, 0) is 43.6 Å². The average molecular weight is 333 g/mol. The van der Waals surface area contributed by atoms with E-state index in [1.807, 2.05) is 11.8 Å². The first-order chi connectivity index (χ1) is 11.5. The summed E-state index contributed by atoms with van der Waals surface area (Å²) < 4.78 is 13.6. The van der Waals surface area contributed by atoms with Crippen molar-refractivity contribution in [2.75, 3.05) is 39.3 Å². The van der Waals surface area contributed by atoms with E-state index in [1.54, 1.807) is 24.0 Å². The van der Waals surface area contributed by atoms with Crippen LogP contribution < -0.4 is 5.32 Å². The number of carbonyl (C=O) groups excluding carboxylic acids is 2. The normalized spacial score (nSPS) is 19.8. The van der Waals surface area contributed by atoms with Crippen LogP contribution in [-0.4, -0.2) is 60.9 Å². The van der Waals surface area contributed by atoms with Crippen molar-refractivity contribution in [2.45, 2.75) is 13.8 Å². The molecule has 2 saturated heterocycles. The molecule has 1 atom stereocenters. The van der Waals surface area contributed by atoms with Crippen LogP contribution in [-0.2, 0) is 4.79 Å². The molecule has 0 aromatic heterocycles. The summed E-state index contributed by atoms with van der Waals surface area (Å²) in [5.74, 6) is 0.0946. The fraction of sp³-hybridized carbons (Fsp3) is 0.556. The van der Waals surface area contributed by atoms with E-state index < -0.39 is 0 Å². The maximum Gasteiger partial charge on any atom is 0.254 e. The van der Waals surface area contributed by atoms with Crippen LogP contribution in [0.4, 0.5) is 4.39 Å². The SMILES string of the molecule is Cc1ccc(C(=O)N2CCN(C(=O)C(C)C3CNC3)CC2)cc1F. The van der Waals surface area contributed by atoms with Crippen molar-refractivity contribution < 1.29 is 14.0 Å². The second-order valence-corrected chi connectivity index (χ2v) is 6.79. The lowest BCUT2D eigenvalue weighted by atomic mass is 9.88. The highest BCUT2D eigenvalue weighted by atomic mass is 19.1. The summed E-state index contributed by atoms with van der Waals surface area (Å²) >= 11 is 0. The molecule has 6 heteroatoms. The van der Waals surface area contributed by atoms with Gasteiger partial charge in [-0.3, -0.25) is 9.59 Å². The molecule has 0 saturated carbocycles. The van der Waals surface area contributed by atoms with E-state index in [0.29, 0.717) is 43.2 Å². The van der Waals surface area contributed by atoms with Gasteiger partial charge in [0.15, 0.2) is 0 Å². The minimum Gasteiger partial charge on any atom is -0.339 e. The molecule has 1 N–H and O–H groups in total. The van der Waals surface area contributed by atoms with Crippen LogP contribution in [0.15, 0.2) is 18.2 Å². The predicted molar refractivity (Wildman–Crippen MR) is 89.1 cm³/mol. The molecule has 3 rings (SSSR count). The number of hydrogen-bond donors (Lipinski definition) is 1. The van der Waals surface area contributed by atoms with E-state index in [2.05, 4.69) is 5.32 Å². The van der Waals surface area contributed by atoms with Crippen molar-refractivity contribution in [3.8, 4) is 0 Å². The lowest BCUT2D eigenvalue weighted by Crippen LogP contribution is -2.55. The Hall–Kier alpha value is -1.95. The third-order valence-electron chi connectivity index (χ3n) is 5.21. The minimum absolute atomic E-state index is 0.0275. The molecule has 2 heterocycles. The van der Waals surface area contributed by atoms with E-state index >= 15 is 0 Å². The molecular weight excluding hydrogens is 309 g/mol. The number of benzene rings is 1. The van der Waals surface area contributed by atoms with Crippen LogP contribution in [0.2, 0.25) is 0 Å². The van der Waals surface area contributed by atoms with E-state index in [4.69, 9.17) is 0 Å². The molecular formula is C18H24FN3O2. The Bertz CT molecular complexity index is 637. The first-order valence-electron chi connectivity index (χ1n) is 8.52. The Morgan fingerprint density at radius 1 is 1.17 bits per heavy atom. The molecule has 0 bridgehead atoms. The summed E-state index contributed by atoms with van der Waals surface area (Å²) in [4.78, 5) is 28.5. The van der Waals surface area contributed by atoms with Crippen LogP contribution in [0.5, 0.6) is 0 Å². The minimum atomic E-state index is -0.363. The molecule has 2 fully saturated rings. The van der Waals surface area contributed by atoms with Crippen LogP contribution in [0.3, 0.4) is 0 Å². The van der Waals surface area contributed by atoms with Gasteiger partial charge in [-0.2, -0.15) is 0 Å². The maximum absolute atomic E-state index is 13.6. The van der Waals surface area contributed by atoms with Gasteiger partial charge in [0.05, 0.1) is 0 Å². The highest BCUT2D eigenvalue weighted by Crippen LogP contribution is 2.20. The van der Waals surface area contributed by atoms with Crippen molar-refractivity contribution >= 4 is 11.8 Å². The molecule has 0 aliphatic carbocycles. The monoisotopic (exact) mass is 333 g/mol. The van der Waals surface area contributed by atoms with Gasteiger partial charge in [-0.25, -0.2) is 4.39 Å². The first-order valence-corrected chi connectivity index (χ1v) is 8.52. The molecule has 0 radical (unpaired) electrons. The summed E-state index contributed by atoms with van der Waals surface area (Å²) in [6, 6.07) is 4.57. The van der Waals surface area contributed by atoms with Gasteiger partial charge in [-0.15, -0.1) is 0 Å². The van der Waals surface area contributed by atoms with E-state index in [-0.39, 0.29) is 23.5 Å². The molecule has 1 aromatic carbocycles. The number of amides is 2. The van der Waals surface area contributed by atoms with Crippen LogP contribution in [0, 0.1) is 24.6 Å². The molecule has 0 spiro atoms. The fourth-order valence-corrected chi connectivity index (χ4v) is 3.19. The van der Waals surface area contributed by atoms with Gasteiger partial charge in [0.1, 0.15) is 5.82 Å². The zero-order valence-electron chi connectivity index (χ0n) is 14.2. The molecule has 2 amide bonds. The molecule has 2 aliphatic heterocycles. The Kier molecular flexibility index (Phi) is 4.85. The third kappa shape index (κ3) is 3.29. The van der Waals surface area contributed by atoms with Crippen molar-refractivity contribution in [1.29, 1.82) is 0 Å². The van der Waals surface area contributed by atoms with Crippen molar-refractivity contribution in [3.63, 3.8) is 0 Å². The predicted octanol–water partition coefficient (Wildman–Crippen LogP) is 1.27. The number of nitrogens with one attached hydrogen (secondary N) is 1. The van der Waals surface area contributed by atoms with E-state index in [1.165, 1.54) is 6.07 Å². The number of carbonyl (C=O) groups is 2. The van der Waals surface area contributed by atoms with Crippen LogP contribution in [0.1, 0.15) is 22.8 Å². The number of aryl methyl sites for hydroxylation is 1. The second-order valence-electron chi connectivity index (χ2n) is 6.79. The van der Waals surface area contributed by atoms with E-state index in [9.17, 15) is 14.0 Å². The molecule has 130 valence electrons. The number of piperazine rings is 1. The van der Waals surface area contributed by atoms with E-state index in [0.717, 1.165) is 13.1 Å². The fourth-order valence-electron chi connectivity index (χ4n) is 3.19. The smallest absolute Gasteiger partial charge is 0.254 e. The zero-order chi connectivity index (χ0) is 17.3.